The molecule has 0 unspecified atom stereocenters. The van der Waals surface area contributed by atoms with Crippen LogP contribution in [0.1, 0.15) is 0 Å². The molecule has 4 aromatic heterocycles. The molecule has 6 aromatic rings. The van der Waals surface area contributed by atoms with Crippen molar-refractivity contribution in [3.05, 3.63) is 61.2 Å². The molecular weight excluding hydrogens is 328 g/mol. The van der Waals surface area contributed by atoms with Crippen LogP contribution in [0.2, 0.25) is 0 Å². The number of benzene rings is 2. The second-order valence-corrected chi connectivity index (χ2v) is 6.06. The van der Waals surface area contributed by atoms with Crippen LogP contribution in [0.5, 0.6) is 0 Å². The van der Waals surface area contributed by atoms with Crippen molar-refractivity contribution in [3.63, 3.8) is 0 Å². The van der Waals surface area contributed by atoms with Crippen LogP contribution in [0.3, 0.4) is 0 Å². The van der Waals surface area contributed by atoms with Crippen LogP contribution in [0.25, 0.3) is 55.5 Å². The molecule has 0 fully saturated rings. The molecule has 122 valence electrons. The Morgan fingerprint density at radius 3 is 2.69 bits per heavy atom. The summed E-state index contributed by atoms with van der Waals surface area (Å²) in [5.74, 6) is 0.588. The maximum absolute atomic E-state index is 5.86. The van der Waals surface area contributed by atoms with E-state index in [-0.39, 0.29) is 0 Å². The average molecular weight is 338 g/mol. The molecule has 4 heterocycles. The van der Waals surface area contributed by atoms with Crippen LogP contribution in [-0.4, -0.2) is 19.9 Å². The summed E-state index contributed by atoms with van der Waals surface area (Å²) in [4.78, 5) is 17.4. The minimum atomic E-state index is 0.576. The molecule has 0 aliphatic rings. The highest BCUT2D eigenvalue weighted by molar-refractivity contribution is 6.04. The molecule has 0 saturated heterocycles. The summed E-state index contributed by atoms with van der Waals surface area (Å²) >= 11 is 0. The number of hydrogen-bond donors (Lipinski definition) is 0. The maximum atomic E-state index is 5.86. The highest BCUT2D eigenvalue weighted by Gasteiger charge is 2.13. The van der Waals surface area contributed by atoms with Gasteiger partial charge < -0.3 is 8.83 Å². The Morgan fingerprint density at radius 1 is 0.731 bits per heavy atom. The van der Waals surface area contributed by atoms with Gasteiger partial charge in [-0.05, 0) is 18.2 Å². The zero-order chi connectivity index (χ0) is 17.1. The molecule has 0 atom stereocenters. The van der Waals surface area contributed by atoms with Gasteiger partial charge >= 0.3 is 0 Å². The highest BCUT2D eigenvalue weighted by atomic mass is 16.3. The Balaban J connectivity index is 1.57. The predicted octanol–water partition coefficient (Wildman–Crippen LogP) is 4.73. The van der Waals surface area contributed by atoms with Crippen molar-refractivity contribution in [1.82, 2.24) is 19.9 Å². The fraction of sp³-hybridized carbons (Fsp3) is 0. The SMILES string of the molecule is c1ccc2c(c1)oc1nc(-c3ccc4c(c3)oc3cncnc34)ncc12. The highest BCUT2D eigenvalue weighted by Crippen LogP contribution is 2.31. The predicted molar refractivity (Wildman–Crippen MR) is 97.6 cm³/mol. The van der Waals surface area contributed by atoms with Crippen molar-refractivity contribution in [3.8, 4) is 11.4 Å². The molecule has 0 radical (unpaired) electrons. The third-order valence-electron chi connectivity index (χ3n) is 4.53. The van der Waals surface area contributed by atoms with Crippen molar-refractivity contribution in [2.45, 2.75) is 0 Å². The van der Waals surface area contributed by atoms with Gasteiger partial charge in [0.05, 0.1) is 11.6 Å². The molecule has 0 saturated carbocycles. The Kier molecular flexibility index (Phi) is 2.52. The zero-order valence-corrected chi connectivity index (χ0v) is 13.4. The third kappa shape index (κ3) is 1.81. The van der Waals surface area contributed by atoms with Crippen molar-refractivity contribution >= 4 is 44.1 Å². The van der Waals surface area contributed by atoms with Gasteiger partial charge in [0.2, 0.25) is 5.71 Å². The summed E-state index contributed by atoms with van der Waals surface area (Å²) in [5, 5.41) is 2.86. The third-order valence-corrected chi connectivity index (χ3v) is 4.53. The molecule has 0 aliphatic heterocycles. The van der Waals surface area contributed by atoms with E-state index >= 15 is 0 Å². The van der Waals surface area contributed by atoms with E-state index in [4.69, 9.17) is 8.83 Å². The Bertz CT molecular complexity index is 1340. The van der Waals surface area contributed by atoms with Crippen LogP contribution in [0.4, 0.5) is 0 Å². The smallest absolute Gasteiger partial charge is 0.230 e. The van der Waals surface area contributed by atoms with E-state index in [0.29, 0.717) is 17.1 Å². The van der Waals surface area contributed by atoms with Crippen LogP contribution >= 0.6 is 0 Å². The summed E-state index contributed by atoms with van der Waals surface area (Å²) in [6.45, 7) is 0. The molecule has 0 amide bonds. The average Bonchev–Trinajstić information content (AvgIpc) is 3.24. The second-order valence-electron chi connectivity index (χ2n) is 6.06. The zero-order valence-electron chi connectivity index (χ0n) is 13.4. The lowest BCUT2D eigenvalue weighted by Crippen LogP contribution is -1.88. The lowest BCUT2D eigenvalue weighted by Gasteiger charge is -1.99. The number of furan rings is 2. The van der Waals surface area contributed by atoms with E-state index in [1.807, 2.05) is 42.5 Å². The summed E-state index contributed by atoms with van der Waals surface area (Å²) in [7, 11) is 0. The molecule has 2 aromatic carbocycles. The van der Waals surface area contributed by atoms with E-state index in [1.165, 1.54) is 6.33 Å². The van der Waals surface area contributed by atoms with Crippen molar-refractivity contribution in [2.75, 3.05) is 0 Å². The number of aromatic nitrogens is 4. The lowest BCUT2D eigenvalue weighted by molar-refractivity contribution is 0.653. The molecule has 6 nitrogen and oxygen atoms in total. The van der Waals surface area contributed by atoms with Crippen molar-refractivity contribution in [1.29, 1.82) is 0 Å². The van der Waals surface area contributed by atoms with Gasteiger partial charge in [0.15, 0.2) is 11.4 Å². The first-order valence-corrected chi connectivity index (χ1v) is 8.14. The minimum absolute atomic E-state index is 0.576. The van der Waals surface area contributed by atoms with Gasteiger partial charge in [0.25, 0.3) is 0 Å². The molecule has 26 heavy (non-hydrogen) atoms. The number of para-hydroxylation sites is 1. The summed E-state index contributed by atoms with van der Waals surface area (Å²) in [6.07, 6.45) is 4.99. The first-order valence-electron chi connectivity index (χ1n) is 8.14. The molecule has 6 rings (SSSR count). The molecule has 0 spiro atoms. The number of rotatable bonds is 1. The van der Waals surface area contributed by atoms with Gasteiger partial charge in [-0.15, -0.1) is 0 Å². The number of nitrogens with zero attached hydrogens (tertiary/aromatic N) is 4. The van der Waals surface area contributed by atoms with Gasteiger partial charge in [-0.25, -0.2) is 15.0 Å². The molecule has 6 heteroatoms. The van der Waals surface area contributed by atoms with Crippen LogP contribution < -0.4 is 0 Å². The van der Waals surface area contributed by atoms with E-state index in [9.17, 15) is 0 Å². The van der Waals surface area contributed by atoms with Gasteiger partial charge in [-0.3, -0.25) is 0 Å². The quantitative estimate of drug-likeness (QED) is 0.431. The van der Waals surface area contributed by atoms with Crippen LogP contribution in [0, 0.1) is 0 Å². The van der Waals surface area contributed by atoms with E-state index < -0.39 is 0 Å². The minimum Gasteiger partial charge on any atom is -0.453 e. The Hall–Kier alpha value is -3.80. The molecular formula is C20H10N4O2. The van der Waals surface area contributed by atoms with Crippen LogP contribution in [-0.2, 0) is 0 Å². The van der Waals surface area contributed by atoms with E-state index in [0.717, 1.165) is 38.4 Å². The lowest BCUT2D eigenvalue weighted by atomic mass is 10.1. The largest absolute Gasteiger partial charge is 0.453 e. The van der Waals surface area contributed by atoms with E-state index in [1.54, 1.807) is 12.4 Å². The molecule has 0 N–H and O–H groups in total. The first-order chi connectivity index (χ1) is 12.9. The Morgan fingerprint density at radius 2 is 1.69 bits per heavy atom. The normalized spacial score (nSPS) is 11.8. The summed E-state index contributed by atoms with van der Waals surface area (Å²) in [5.41, 5.74) is 4.42. The standard InChI is InChI=1S/C20H10N4O2/c1-2-4-15-12(3-1)14-8-22-19(24-20(14)26-15)11-5-6-13-16(7-11)25-17-9-21-10-23-18(13)17/h1-10H. The van der Waals surface area contributed by atoms with E-state index in [2.05, 4.69) is 19.9 Å². The molecule has 0 bridgehead atoms. The van der Waals surface area contributed by atoms with Gasteiger partial charge in [-0.2, -0.15) is 4.98 Å². The van der Waals surface area contributed by atoms with Crippen molar-refractivity contribution < 1.29 is 8.83 Å². The van der Waals surface area contributed by atoms with Crippen molar-refractivity contribution in [2.24, 2.45) is 0 Å². The van der Waals surface area contributed by atoms with Crippen LogP contribution in [0.15, 0.2) is 70.0 Å². The fourth-order valence-electron chi connectivity index (χ4n) is 3.30. The van der Waals surface area contributed by atoms with Gasteiger partial charge in [0.1, 0.15) is 23.0 Å². The summed E-state index contributed by atoms with van der Waals surface area (Å²) in [6, 6.07) is 13.7. The topological polar surface area (TPSA) is 77.8 Å². The maximum Gasteiger partial charge on any atom is 0.230 e. The second kappa shape index (κ2) is 4.86. The summed E-state index contributed by atoms with van der Waals surface area (Å²) < 4.78 is 11.7. The first kappa shape index (κ1) is 13.5. The monoisotopic (exact) mass is 338 g/mol. The van der Waals surface area contributed by atoms with Gasteiger partial charge in [0, 0.05) is 22.5 Å². The number of fused-ring (bicyclic) bond motifs is 6. The van der Waals surface area contributed by atoms with Gasteiger partial charge in [-0.1, -0.05) is 24.3 Å². The Labute approximate surface area is 146 Å². The number of hydrogen-bond acceptors (Lipinski definition) is 6. The fourth-order valence-corrected chi connectivity index (χ4v) is 3.30. The molecule has 0 aliphatic carbocycles.